The molecule has 0 saturated carbocycles. The first-order valence-corrected chi connectivity index (χ1v) is 5.68. The van der Waals surface area contributed by atoms with Crippen LogP contribution < -0.4 is 11.3 Å². The number of aryl methyl sites for hydroxylation is 2. The van der Waals surface area contributed by atoms with Gasteiger partial charge < -0.3 is 8.83 Å². The van der Waals surface area contributed by atoms with Crippen LogP contribution in [-0.2, 0) is 6.42 Å². The van der Waals surface area contributed by atoms with Gasteiger partial charge >= 0.3 is 0 Å². The third-order valence-corrected chi connectivity index (χ3v) is 3.15. The van der Waals surface area contributed by atoms with E-state index in [0.717, 1.165) is 28.4 Å². The molecule has 0 bridgehead atoms. The Balaban J connectivity index is 2.29. The summed E-state index contributed by atoms with van der Waals surface area (Å²) in [4.78, 5) is 0. The van der Waals surface area contributed by atoms with Crippen molar-refractivity contribution in [3.63, 3.8) is 0 Å². The maximum Gasteiger partial charge on any atom is 0.106 e. The van der Waals surface area contributed by atoms with E-state index in [1.54, 1.807) is 6.26 Å². The molecule has 0 aliphatic rings. The van der Waals surface area contributed by atoms with Gasteiger partial charge in [-0.15, -0.1) is 0 Å². The summed E-state index contributed by atoms with van der Waals surface area (Å²) in [5, 5.41) is 0. The zero-order valence-electron chi connectivity index (χ0n) is 10.4. The van der Waals surface area contributed by atoms with Crippen molar-refractivity contribution < 1.29 is 8.83 Å². The summed E-state index contributed by atoms with van der Waals surface area (Å²) in [6, 6.07) is 3.84. The van der Waals surface area contributed by atoms with E-state index in [4.69, 9.17) is 14.7 Å². The molecule has 2 aromatic rings. The predicted molar refractivity (Wildman–Crippen MR) is 65.4 cm³/mol. The second kappa shape index (κ2) is 4.77. The van der Waals surface area contributed by atoms with Gasteiger partial charge in [-0.05, 0) is 38.5 Å². The molecule has 0 radical (unpaired) electrons. The lowest BCUT2D eigenvalue weighted by Crippen LogP contribution is -2.30. The summed E-state index contributed by atoms with van der Waals surface area (Å²) >= 11 is 0. The lowest BCUT2D eigenvalue weighted by molar-refractivity contribution is 0.444. The Labute approximate surface area is 101 Å². The Bertz CT molecular complexity index is 486. The molecule has 0 aliphatic carbocycles. The Morgan fingerprint density at radius 3 is 2.53 bits per heavy atom. The van der Waals surface area contributed by atoms with Crippen molar-refractivity contribution in [3.8, 4) is 0 Å². The van der Waals surface area contributed by atoms with Crippen LogP contribution in [-0.4, -0.2) is 0 Å². The van der Waals surface area contributed by atoms with Crippen molar-refractivity contribution in [2.45, 2.75) is 33.2 Å². The van der Waals surface area contributed by atoms with Gasteiger partial charge in [-0.25, -0.2) is 0 Å². The monoisotopic (exact) mass is 234 g/mol. The summed E-state index contributed by atoms with van der Waals surface area (Å²) in [6.45, 7) is 5.97. The fourth-order valence-corrected chi connectivity index (χ4v) is 2.20. The van der Waals surface area contributed by atoms with Crippen LogP contribution in [0.15, 0.2) is 27.2 Å². The minimum Gasteiger partial charge on any atom is -0.469 e. The van der Waals surface area contributed by atoms with Gasteiger partial charge in [0.25, 0.3) is 0 Å². The molecule has 2 aromatic heterocycles. The highest BCUT2D eigenvalue weighted by Gasteiger charge is 2.21. The summed E-state index contributed by atoms with van der Waals surface area (Å²) in [6.07, 6.45) is 2.38. The highest BCUT2D eigenvalue weighted by atomic mass is 16.3. The van der Waals surface area contributed by atoms with E-state index in [1.165, 1.54) is 0 Å². The number of furan rings is 2. The van der Waals surface area contributed by atoms with Gasteiger partial charge in [-0.3, -0.25) is 11.3 Å². The van der Waals surface area contributed by atoms with E-state index in [9.17, 15) is 0 Å². The number of hydrazine groups is 1. The van der Waals surface area contributed by atoms with E-state index in [2.05, 4.69) is 5.43 Å². The number of hydrogen-bond donors (Lipinski definition) is 2. The molecular weight excluding hydrogens is 216 g/mol. The van der Waals surface area contributed by atoms with Crippen LogP contribution in [0.4, 0.5) is 0 Å². The second-order valence-corrected chi connectivity index (χ2v) is 4.26. The van der Waals surface area contributed by atoms with Crippen LogP contribution in [0.2, 0.25) is 0 Å². The second-order valence-electron chi connectivity index (χ2n) is 4.26. The summed E-state index contributed by atoms with van der Waals surface area (Å²) in [5.74, 6) is 8.40. The first-order valence-electron chi connectivity index (χ1n) is 5.68. The van der Waals surface area contributed by atoms with E-state index >= 15 is 0 Å². The molecule has 0 aromatic carbocycles. The normalized spacial score (nSPS) is 12.9. The van der Waals surface area contributed by atoms with Gasteiger partial charge in [-0.1, -0.05) is 0 Å². The molecule has 2 heterocycles. The molecule has 2 rings (SSSR count). The van der Waals surface area contributed by atoms with Crippen LogP contribution in [0.5, 0.6) is 0 Å². The molecule has 92 valence electrons. The zero-order valence-corrected chi connectivity index (χ0v) is 10.4. The van der Waals surface area contributed by atoms with Crippen molar-refractivity contribution in [1.29, 1.82) is 0 Å². The van der Waals surface area contributed by atoms with Gasteiger partial charge in [0.2, 0.25) is 0 Å². The van der Waals surface area contributed by atoms with E-state index in [-0.39, 0.29) is 6.04 Å². The van der Waals surface area contributed by atoms with Gasteiger partial charge in [-0.2, -0.15) is 0 Å². The van der Waals surface area contributed by atoms with Crippen LogP contribution in [0, 0.1) is 20.8 Å². The number of rotatable bonds is 4. The van der Waals surface area contributed by atoms with Gasteiger partial charge in [0.1, 0.15) is 17.3 Å². The van der Waals surface area contributed by atoms with Crippen LogP contribution in [0.3, 0.4) is 0 Å². The Morgan fingerprint density at radius 2 is 2.06 bits per heavy atom. The summed E-state index contributed by atoms with van der Waals surface area (Å²) in [7, 11) is 0. The number of nitrogens with one attached hydrogen (secondary N) is 1. The average molecular weight is 234 g/mol. The quantitative estimate of drug-likeness (QED) is 0.630. The standard InChI is InChI=1S/C13H18N2O2/c1-8-9(2)17-10(3)13(8)12(15-14)7-11-5-4-6-16-11/h4-6,12,15H,7,14H2,1-3H3. The van der Waals surface area contributed by atoms with E-state index < -0.39 is 0 Å². The van der Waals surface area contributed by atoms with Gasteiger partial charge in [0.15, 0.2) is 0 Å². The molecule has 1 unspecified atom stereocenters. The molecule has 17 heavy (non-hydrogen) atoms. The molecule has 0 saturated heterocycles. The fraction of sp³-hybridized carbons (Fsp3) is 0.385. The maximum atomic E-state index is 5.64. The van der Waals surface area contributed by atoms with Crippen molar-refractivity contribution in [2.75, 3.05) is 0 Å². The number of nitrogens with two attached hydrogens (primary N) is 1. The highest BCUT2D eigenvalue weighted by molar-refractivity contribution is 5.34. The Morgan fingerprint density at radius 1 is 1.29 bits per heavy atom. The number of hydrogen-bond acceptors (Lipinski definition) is 4. The van der Waals surface area contributed by atoms with Gasteiger partial charge in [0, 0.05) is 12.0 Å². The van der Waals surface area contributed by atoms with Crippen molar-refractivity contribution >= 4 is 0 Å². The average Bonchev–Trinajstić information content (AvgIpc) is 2.87. The Kier molecular flexibility index (Phi) is 3.36. The molecule has 0 amide bonds. The molecule has 0 aliphatic heterocycles. The fourth-order valence-electron chi connectivity index (χ4n) is 2.20. The van der Waals surface area contributed by atoms with Crippen LogP contribution in [0.1, 0.15) is 34.4 Å². The third-order valence-electron chi connectivity index (χ3n) is 3.15. The minimum absolute atomic E-state index is 0.0126. The van der Waals surface area contributed by atoms with Crippen molar-refractivity contribution in [1.82, 2.24) is 5.43 Å². The van der Waals surface area contributed by atoms with E-state index in [0.29, 0.717) is 6.42 Å². The molecule has 0 spiro atoms. The molecule has 4 nitrogen and oxygen atoms in total. The summed E-state index contributed by atoms with van der Waals surface area (Å²) < 4.78 is 11.0. The third kappa shape index (κ3) is 2.28. The van der Waals surface area contributed by atoms with Crippen LogP contribution >= 0.6 is 0 Å². The van der Waals surface area contributed by atoms with Crippen LogP contribution in [0.25, 0.3) is 0 Å². The SMILES string of the molecule is Cc1oc(C)c(C(Cc2ccco2)NN)c1C. The van der Waals surface area contributed by atoms with Crippen molar-refractivity contribution in [3.05, 3.63) is 46.8 Å². The molecular formula is C13H18N2O2. The van der Waals surface area contributed by atoms with Gasteiger partial charge in [0.05, 0.1) is 12.3 Å². The first-order chi connectivity index (χ1) is 8.13. The molecule has 4 heteroatoms. The minimum atomic E-state index is 0.0126. The lowest BCUT2D eigenvalue weighted by Gasteiger charge is -2.15. The maximum absolute atomic E-state index is 5.64. The lowest BCUT2D eigenvalue weighted by atomic mass is 9.99. The molecule has 0 fully saturated rings. The zero-order chi connectivity index (χ0) is 12.4. The predicted octanol–water partition coefficient (Wildman–Crippen LogP) is 2.54. The van der Waals surface area contributed by atoms with E-state index in [1.807, 2.05) is 32.9 Å². The first kappa shape index (κ1) is 12.0. The summed E-state index contributed by atoms with van der Waals surface area (Å²) in [5.41, 5.74) is 5.11. The molecule has 3 N–H and O–H groups in total. The Hall–Kier alpha value is -1.52. The topological polar surface area (TPSA) is 64.3 Å². The highest BCUT2D eigenvalue weighted by Crippen LogP contribution is 2.28. The smallest absolute Gasteiger partial charge is 0.106 e. The molecule has 1 atom stereocenters. The van der Waals surface area contributed by atoms with Crippen molar-refractivity contribution in [2.24, 2.45) is 5.84 Å². The largest absolute Gasteiger partial charge is 0.469 e.